The molecule has 0 aliphatic rings. The van der Waals surface area contributed by atoms with E-state index in [2.05, 4.69) is 13.0 Å². The summed E-state index contributed by atoms with van der Waals surface area (Å²) in [5, 5.41) is 0. The summed E-state index contributed by atoms with van der Waals surface area (Å²) in [6.45, 7) is 3.65. The van der Waals surface area contributed by atoms with Gasteiger partial charge in [-0.15, -0.1) is 0 Å². The predicted molar refractivity (Wildman–Crippen MR) is 58.2 cm³/mol. The fraction of sp³-hybridized carbons (Fsp3) is 0.417. The van der Waals surface area contributed by atoms with Crippen LogP contribution in [0.5, 0.6) is 0 Å². The van der Waals surface area contributed by atoms with Gasteiger partial charge in [0.15, 0.2) is 0 Å². The van der Waals surface area contributed by atoms with Crippen LogP contribution in [0.2, 0.25) is 0 Å². The standard InChI is InChI=1S/C12H17NO/c1-3-10-6-4-5-7-11(10)8-12(13)9(2)14/h4-7,12H,3,8,13H2,1-2H3/t12-/m0/s1. The third kappa shape index (κ3) is 2.67. The number of ketones is 1. The van der Waals surface area contributed by atoms with Crippen LogP contribution in [0.15, 0.2) is 24.3 Å². The van der Waals surface area contributed by atoms with Gasteiger partial charge in [-0.2, -0.15) is 0 Å². The third-order valence-corrected chi connectivity index (χ3v) is 2.46. The Hall–Kier alpha value is -1.15. The van der Waals surface area contributed by atoms with Crippen molar-refractivity contribution in [1.82, 2.24) is 0 Å². The summed E-state index contributed by atoms with van der Waals surface area (Å²) in [4.78, 5) is 11.0. The minimum Gasteiger partial charge on any atom is -0.321 e. The Morgan fingerprint density at radius 2 is 1.93 bits per heavy atom. The van der Waals surface area contributed by atoms with Crippen molar-refractivity contribution < 1.29 is 4.79 Å². The molecule has 0 heterocycles. The van der Waals surface area contributed by atoms with Crippen LogP contribution in [0, 0.1) is 0 Å². The first-order chi connectivity index (χ1) is 6.65. The van der Waals surface area contributed by atoms with E-state index in [0.717, 1.165) is 6.42 Å². The maximum absolute atomic E-state index is 11.0. The van der Waals surface area contributed by atoms with E-state index in [9.17, 15) is 4.79 Å². The van der Waals surface area contributed by atoms with E-state index in [0.29, 0.717) is 6.42 Å². The zero-order valence-corrected chi connectivity index (χ0v) is 8.79. The summed E-state index contributed by atoms with van der Waals surface area (Å²) < 4.78 is 0. The van der Waals surface area contributed by atoms with Gasteiger partial charge in [-0.1, -0.05) is 31.2 Å². The molecule has 2 nitrogen and oxygen atoms in total. The van der Waals surface area contributed by atoms with Gasteiger partial charge in [-0.3, -0.25) is 4.79 Å². The third-order valence-electron chi connectivity index (χ3n) is 2.46. The minimum absolute atomic E-state index is 0.0518. The Labute approximate surface area is 85.1 Å². The van der Waals surface area contributed by atoms with Crippen molar-refractivity contribution in [3.63, 3.8) is 0 Å². The lowest BCUT2D eigenvalue weighted by molar-refractivity contribution is -0.118. The second-order valence-corrected chi connectivity index (χ2v) is 3.54. The average Bonchev–Trinajstić information content (AvgIpc) is 2.18. The van der Waals surface area contributed by atoms with Gasteiger partial charge >= 0.3 is 0 Å². The predicted octanol–water partition coefficient (Wildman–Crippen LogP) is 1.71. The second kappa shape index (κ2) is 4.91. The molecular formula is C12H17NO. The van der Waals surface area contributed by atoms with E-state index in [1.807, 2.05) is 18.2 Å². The Bertz CT molecular complexity index is 320. The number of Topliss-reactive ketones (excluding diaryl/α,β-unsaturated/α-hetero) is 1. The molecule has 2 heteroatoms. The monoisotopic (exact) mass is 191 g/mol. The van der Waals surface area contributed by atoms with Gasteiger partial charge in [0, 0.05) is 0 Å². The molecule has 0 bridgehead atoms. The van der Waals surface area contributed by atoms with Crippen molar-refractivity contribution in [2.24, 2.45) is 5.73 Å². The topological polar surface area (TPSA) is 43.1 Å². The summed E-state index contributed by atoms with van der Waals surface area (Å²) in [6.07, 6.45) is 1.64. The van der Waals surface area contributed by atoms with Crippen LogP contribution in [0.4, 0.5) is 0 Å². The van der Waals surface area contributed by atoms with Crippen LogP contribution in [0.25, 0.3) is 0 Å². The van der Waals surface area contributed by atoms with E-state index >= 15 is 0 Å². The summed E-state index contributed by atoms with van der Waals surface area (Å²) >= 11 is 0. The molecule has 0 fully saturated rings. The SMILES string of the molecule is CCc1ccccc1C[C@H](N)C(C)=O. The summed E-state index contributed by atoms with van der Waals surface area (Å²) in [7, 11) is 0. The first kappa shape index (κ1) is 10.9. The first-order valence-corrected chi connectivity index (χ1v) is 4.98. The lowest BCUT2D eigenvalue weighted by Crippen LogP contribution is -2.30. The van der Waals surface area contributed by atoms with Crippen LogP contribution < -0.4 is 5.73 Å². The second-order valence-electron chi connectivity index (χ2n) is 3.54. The quantitative estimate of drug-likeness (QED) is 0.787. The van der Waals surface area contributed by atoms with Crippen molar-refractivity contribution in [2.45, 2.75) is 32.7 Å². The maximum atomic E-state index is 11.0. The van der Waals surface area contributed by atoms with Crippen LogP contribution >= 0.6 is 0 Å². The van der Waals surface area contributed by atoms with Crippen LogP contribution in [-0.2, 0) is 17.6 Å². The highest BCUT2D eigenvalue weighted by Crippen LogP contribution is 2.11. The van der Waals surface area contributed by atoms with Crippen molar-refractivity contribution in [2.75, 3.05) is 0 Å². The normalized spacial score (nSPS) is 12.5. The van der Waals surface area contributed by atoms with Gasteiger partial charge in [-0.05, 0) is 30.9 Å². The molecular weight excluding hydrogens is 174 g/mol. The minimum atomic E-state index is -0.359. The van der Waals surface area contributed by atoms with Crippen molar-refractivity contribution >= 4 is 5.78 Å². The van der Waals surface area contributed by atoms with E-state index in [-0.39, 0.29) is 11.8 Å². The molecule has 1 rings (SSSR count). The molecule has 2 N–H and O–H groups in total. The smallest absolute Gasteiger partial charge is 0.146 e. The number of carbonyl (C=O) groups excluding carboxylic acids is 1. The van der Waals surface area contributed by atoms with E-state index in [1.54, 1.807) is 6.92 Å². The van der Waals surface area contributed by atoms with E-state index in [1.165, 1.54) is 11.1 Å². The molecule has 1 aromatic rings. The first-order valence-electron chi connectivity index (χ1n) is 4.98. The molecule has 0 saturated heterocycles. The number of nitrogens with two attached hydrogens (primary N) is 1. The van der Waals surface area contributed by atoms with Gasteiger partial charge in [0.05, 0.1) is 6.04 Å². The zero-order chi connectivity index (χ0) is 10.6. The number of aryl methyl sites for hydroxylation is 1. The molecule has 0 spiro atoms. The Kier molecular flexibility index (Phi) is 3.84. The fourth-order valence-corrected chi connectivity index (χ4v) is 1.48. The zero-order valence-electron chi connectivity index (χ0n) is 8.79. The Morgan fingerprint density at radius 3 is 2.43 bits per heavy atom. The highest BCUT2D eigenvalue weighted by Gasteiger charge is 2.10. The Morgan fingerprint density at radius 1 is 1.36 bits per heavy atom. The number of hydrogen-bond acceptors (Lipinski definition) is 2. The number of rotatable bonds is 4. The fourth-order valence-electron chi connectivity index (χ4n) is 1.48. The molecule has 1 atom stereocenters. The average molecular weight is 191 g/mol. The summed E-state index contributed by atoms with van der Waals surface area (Å²) in [6, 6.07) is 7.77. The van der Waals surface area contributed by atoms with Gasteiger partial charge in [0.1, 0.15) is 5.78 Å². The molecule has 0 aliphatic heterocycles. The summed E-state index contributed by atoms with van der Waals surface area (Å²) in [5.74, 6) is 0.0518. The van der Waals surface area contributed by atoms with Gasteiger partial charge in [0.2, 0.25) is 0 Å². The van der Waals surface area contributed by atoms with Crippen LogP contribution in [-0.4, -0.2) is 11.8 Å². The highest BCUT2D eigenvalue weighted by molar-refractivity contribution is 5.81. The molecule has 0 amide bonds. The van der Waals surface area contributed by atoms with Gasteiger partial charge in [0.25, 0.3) is 0 Å². The lowest BCUT2D eigenvalue weighted by atomic mass is 9.98. The molecule has 76 valence electrons. The largest absolute Gasteiger partial charge is 0.321 e. The summed E-state index contributed by atoms with van der Waals surface area (Å²) in [5.41, 5.74) is 8.20. The van der Waals surface area contributed by atoms with Gasteiger partial charge < -0.3 is 5.73 Å². The Balaban J connectivity index is 2.80. The number of carbonyl (C=O) groups is 1. The molecule has 0 radical (unpaired) electrons. The maximum Gasteiger partial charge on any atom is 0.146 e. The molecule has 0 unspecified atom stereocenters. The number of hydrogen-bond donors (Lipinski definition) is 1. The van der Waals surface area contributed by atoms with E-state index in [4.69, 9.17) is 5.73 Å². The number of benzene rings is 1. The molecule has 1 aromatic carbocycles. The van der Waals surface area contributed by atoms with Crippen molar-refractivity contribution in [3.05, 3.63) is 35.4 Å². The van der Waals surface area contributed by atoms with E-state index < -0.39 is 0 Å². The molecule has 0 aliphatic carbocycles. The lowest BCUT2D eigenvalue weighted by Gasteiger charge is -2.11. The molecule has 0 saturated carbocycles. The van der Waals surface area contributed by atoms with Crippen molar-refractivity contribution in [3.8, 4) is 0 Å². The molecule has 0 aromatic heterocycles. The van der Waals surface area contributed by atoms with Crippen LogP contribution in [0.1, 0.15) is 25.0 Å². The van der Waals surface area contributed by atoms with Crippen LogP contribution in [0.3, 0.4) is 0 Å². The van der Waals surface area contributed by atoms with Crippen molar-refractivity contribution in [1.29, 1.82) is 0 Å². The highest BCUT2D eigenvalue weighted by atomic mass is 16.1. The van der Waals surface area contributed by atoms with Gasteiger partial charge in [-0.25, -0.2) is 0 Å². The molecule has 14 heavy (non-hydrogen) atoms.